The average molecular weight is 383 g/mol. The Morgan fingerprint density at radius 1 is 1.37 bits per heavy atom. The molecule has 0 saturated carbocycles. The third kappa shape index (κ3) is 3.49. The molecule has 0 radical (unpaired) electrons. The normalized spacial score (nSPS) is 11.5. The Kier molecular flexibility index (Phi) is 4.52. The number of thiophene rings is 1. The first-order chi connectivity index (χ1) is 8.92. The quantitative estimate of drug-likeness (QED) is 0.851. The van der Waals surface area contributed by atoms with Gasteiger partial charge in [-0.2, -0.15) is 0 Å². The van der Waals surface area contributed by atoms with Crippen molar-refractivity contribution in [3.63, 3.8) is 0 Å². The standard InChI is InChI=1S/C11H9BrClNO3S2/c12-8-1-2-10(9(13)4-8)14-19(16,17)11-3-7(5-15)6-18-11/h1-4,6,14-15H,5H2. The molecule has 1 heterocycles. The van der Waals surface area contributed by atoms with Gasteiger partial charge >= 0.3 is 0 Å². The van der Waals surface area contributed by atoms with Crippen LogP contribution in [0.25, 0.3) is 0 Å². The Morgan fingerprint density at radius 3 is 2.68 bits per heavy atom. The number of rotatable bonds is 4. The molecule has 4 nitrogen and oxygen atoms in total. The molecule has 0 unspecified atom stereocenters. The fourth-order valence-electron chi connectivity index (χ4n) is 1.34. The molecule has 1 aromatic heterocycles. The van der Waals surface area contributed by atoms with Crippen LogP contribution < -0.4 is 4.72 Å². The van der Waals surface area contributed by atoms with Crippen molar-refractivity contribution in [1.82, 2.24) is 0 Å². The van der Waals surface area contributed by atoms with Crippen LogP contribution >= 0.6 is 38.9 Å². The highest BCUT2D eigenvalue weighted by atomic mass is 79.9. The minimum absolute atomic E-state index is 0.135. The maximum atomic E-state index is 12.1. The number of hydrogen-bond donors (Lipinski definition) is 2. The summed E-state index contributed by atoms with van der Waals surface area (Å²) in [6.45, 7) is -0.189. The second-order valence-electron chi connectivity index (χ2n) is 3.66. The molecule has 0 aliphatic heterocycles. The average Bonchev–Trinajstić information content (AvgIpc) is 2.82. The van der Waals surface area contributed by atoms with E-state index in [1.165, 1.54) is 6.07 Å². The molecule has 2 N–H and O–H groups in total. The summed E-state index contributed by atoms with van der Waals surface area (Å²) in [6.07, 6.45) is 0. The van der Waals surface area contributed by atoms with Crippen LogP contribution in [0, 0.1) is 0 Å². The molecule has 0 fully saturated rings. The zero-order chi connectivity index (χ0) is 14.0. The lowest BCUT2D eigenvalue weighted by Crippen LogP contribution is -2.11. The predicted octanol–water partition coefficient (Wildman–Crippen LogP) is 3.46. The van der Waals surface area contributed by atoms with Crippen LogP contribution in [0.15, 0.2) is 38.3 Å². The van der Waals surface area contributed by atoms with Gasteiger partial charge < -0.3 is 5.11 Å². The summed E-state index contributed by atoms with van der Waals surface area (Å²) < 4.78 is 27.5. The van der Waals surface area contributed by atoms with Crippen LogP contribution in [0.3, 0.4) is 0 Å². The van der Waals surface area contributed by atoms with Gasteiger partial charge in [-0.25, -0.2) is 8.42 Å². The SMILES string of the molecule is O=S(=O)(Nc1ccc(Br)cc1Cl)c1cc(CO)cs1. The van der Waals surface area contributed by atoms with Gasteiger partial charge in [-0.15, -0.1) is 11.3 Å². The molecule has 0 amide bonds. The van der Waals surface area contributed by atoms with Crippen LogP contribution in [-0.4, -0.2) is 13.5 Å². The predicted molar refractivity (Wildman–Crippen MR) is 80.2 cm³/mol. The topological polar surface area (TPSA) is 66.4 Å². The Morgan fingerprint density at radius 2 is 2.11 bits per heavy atom. The van der Waals surface area contributed by atoms with Gasteiger partial charge in [0.05, 0.1) is 17.3 Å². The number of anilines is 1. The number of hydrogen-bond acceptors (Lipinski definition) is 4. The number of nitrogens with one attached hydrogen (secondary N) is 1. The van der Waals surface area contributed by atoms with E-state index >= 15 is 0 Å². The summed E-state index contributed by atoms with van der Waals surface area (Å²) in [7, 11) is -3.68. The largest absolute Gasteiger partial charge is 0.392 e. The van der Waals surface area contributed by atoms with Crippen molar-refractivity contribution in [1.29, 1.82) is 0 Å². The molecule has 0 aliphatic carbocycles. The molecular formula is C11H9BrClNO3S2. The maximum Gasteiger partial charge on any atom is 0.271 e. The van der Waals surface area contributed by atoms with Gasteiger partial charge in [0.25, 0.3) is 10.0 Å². The summed E-state index contributed by atoms with van der Waals surface area (Å²) in [4.78, 5) is 0. The Balaban J connectivity index is 2.30. The zero-order valence-electron chi connectivity index (χ0n) is 9.43. The van der Waals surface area contributed by atoms with Gasteiger partial charge in [0.15, 0.2) is 0 Å². The first-order valence-corrected chi connectivity index (χ1v) is 8.62. The van der Waals surface area contributed by atoms with Crippen LogP contribution in [-0.2, 0) is 16.6 Å². The van der Waals surface area contributed by atoms with Gasteiger partial charge in [0, 0.05) is 4.47 Å². The fraction of sp³-hybridized carbons (Fsp3) is 0.0909. The molecule has 1 aromatic carbocycles. The number of sulfonamides is 1. The Bertz CT molecular complexity index is 700. The first-order valence-electron chi connectivity index (χ1n) is 5.08. The molecule has 2 aromatic rings. The van der Waals surface area contributed by atoms with E-state index in [9.17, 15) is 8.42 Å². The van der Waals surface area contributed by atoms with Crippen molar-refractivity contribution in [3.8, 4) is 0 Å². The second kappa shape index (κ2) is 5.80. The molecule has 8 heteroatoms. The van der Waals surface area contributed by atoms with E-state index in [1.54, 1.807) is 23.6 Å². The van der Waals surface area contributed by atoms with Crippen molar-refractivity contribution in [2.75, 3.05) is 4.72 Å². The van der Waals surface area contributed by atoms with Crippen molar-refractivity contribution in [2.45, 2.75) is 10.8 Å². The van der Waals surface area contributed by atoms with Crippen LogP contribution in [0.4, 0.5) is 5.69 Å². The minimum atomic E-state index is -3.68. The third-order valence-electron chi connectivity index (χ3n) is 2.25. The summed E-state index contributed by atoms with van der Waals surface area (Å²) in [5.74, 6) is 0. The van der Waals surface area contributed by atoms with E-state index in [0.29, 0.717) is 16.3 Å². The van der Waals surface area contributed by atoms with E-state index in [-0.39, 0.29) is 10.8 Å². The van der Waals surface area contributed by atoms with Gasteiger partial charge in [0.2, 0.25) is 0 Å². The Hall–Kier alpha value is -0.600. The molecular weight excluding hydrogens is 374 g/mol. The van der Waals surface area contributed by atoms with Crippen LogP contribution in [0.5, 0.6) is 0 Å². The lowest BCUT2D eigenvalue weighted by molar-refractivity contribution is 0.282. The summed E-state index contributed by atoms with van der Waals surface area (Å²) in [5, 5.41) is 10.8. The molecule has 0 aliphatic rings. The first kappa shape index (κ1) is 14.8. The van der Waals surface area contributed by atoms with Gasteiger partial charge in [-0.05, 0) is 35.2 Å². The van der Waals surface area contributed by atoms with Gasteiger partial charge in [0.1, 0.15) is 4.21 Å². The number of benzene rings is 1. The van der Waals surface area contributed by atoms with Gasteiger partial charge in [-0.3, -0.25) is 4.72 Å². The van der Waals surface area contributed by atoms with Gasteiger partial charge in [-0.1, -0.05) is 27.5 Å². The maximum absolute atomic E-state index is 12.1. The lowest BCUT2D eigenvalue weighted by atomic mass is 10.3. The summed E-state index contributed by atoms with van der Waals surface area (Å²) in [6, 6.07) is 6.30. The number of halogens is 2. The molecule has 0 bridgehead atoms. The molecule has 0 saturated heterocycles. The number of aliphatic hydroxyl groups is 1. The minimum Gasteiger partial charge on any atom is -0.392 e. The van der Waals surface area contributed by atoms with E-state index < -0.39 is 10.0 Å². The zero-order valence-corrected chi connectivity index (χ0v) is 13.4. The van der Waals surface area contributed by atoms with Crippen LogP contribution in [0.2, 0.25) is 5.02 Å². The van der Waals surface area contributed by atoms with E-state index in [1.807, 2.05) is 0 Å². The smallest absolute Gasteiger partial charge is 0.271 e. The van der Waals surface area contributed by atoms with Crippen LogP contribution in [0.1, 0.15) is 5.56 Å². The summed E-state index contributed by atoms with van der Waals surface area (Å²) >= 11 is 10.3. The Labute approximate surface area is 128 Å². The van der Waals surface area contributed by atoms with Crippen molar-refractivity contribution in [3.05, 3.63) is 44.7 Å². The molecule has 19 heavy (non-hydrogen) atoms. The highest BCUT2D eigenvalue weighted by molar-refractivity contribution is 9.10. The summed E-state index contributed by atoms with van der Waals surface area (Å²) in [5.41, 5.74) is 0.871. The second-order valence-corrected chi connectivity index (χ2v) is 7.81. The fourth-order valence-corrected chi connectivity index (χ4v) is 4.40. The van der Waals surface area contributed by atoms with E-state index in [4.69, 9.17) is 16.7 Å². The van der Waals surface area contributed by atoms with E-state index in [0.717, 1.165) is 15.8 Å². The monoisotopic (exact) mass is 381 g/mol. The van der Waals surface area contributed by atoms with Crippen molar-refractivity contribution < 1.29 is 13.5 Å². The molecule has 2 rings (SSSR count). The third-order valence-corrected chi connectivity index (χ3v) is 5.91. The molecule has 0 atom stereocenters. The molecule has 0 spiro atoms. The lowest BCUT2D eigenvalue weighted by Gasteiger charge is -2.08. The highest BCUT2D eigenvalue weighted by Gasteiger charge is 2.18. The van der Waals surface area contributed by atoms with Crippen molar-refractivity contribution >= 4 is 54.6 Å². The molecule has 102 valence electrons. The van der Waals surface area contributed by atoms with Crippen molar-refractivity contribution in [2.24, 2.45) is 0 Å². The highest BCUT2D eigenvalue weighted by Crippen LogP contribution is 2.29. The van der Waals surface area contributed by atoms with E-state index in [2.05, 4.69) is 20.7 Å². The number of aliphatic hydroxyl groups excluding tert-OH is 1.